The average molecular weight is 308 g/mol. The van der Waals surface area contributed by atoms with Crippen LogP contribution in [0, 0.1) is 0 Å². The summed E-state index contributed by atoms with van der Waals surface area (Å²) in [4.78, 5) is 17.3. The van der Waals surface area contributed by atoms with Crippen LogP contribution in [0.4, 0.5) is 0 Å². The van der Waals surface area contributed by atoms with Crippen LogP contribution in [0.2, 0.25) is 5.02 Å². The van der Waals surface area contributed by atoms with Crippen molar-refractivity contribution in [3.05, 3.63) is 27.5 Å². The van der Waals surface area contributed by atoms with Crippen molar-refractivity contribution in [3.63, 3.8) is 0 Å². The molecule has 0 aliphatic rings. The normalized spacial score (nSPS) is 10.2. The largest absolute Gasteiger partial charge is 0.396 e. The van der Waals surface area contributed by atoms with Gasteiger partial charge in [-0.25, -0.2) is 0 Å². The summed E-state index contributed by atoms with van der Waals surface area (Å²) in [5.74, 6) is -0.202. The van der Waals surface area contributed by atoms with Crippen molar-refractivity contribution in [1.29, 1.82) is 0 Å². The lowest BCUT2D eigenvalue weighted by atomic mass is 10.2. The topological polar surface area (TPSA) is 53.4 Å². The number of pyridine rings is 1. The molecule has 0 aromatic carbocycles. The predicted molar refractivity (Wildman–Crippen MR) is 65.6 cm³/mol. The molecule has 4 nitrogen and oxygen atoms in total. The number of halogens is 2. The maximum atomic E-state index is 11.9. The highest BCUT2D eigenvalue weighted by Crippen LogP contribution is 2.25. The number of aliphatic hydroxyl groups excluding tert-OH is 1. The quantitative estimate of drug-likeness (QED) is 0.925. The summed E-state index contributed by atoms with van der Waals surface area (Å²) >= 11 is 9.19. The van der Waals surface area contributed by atoms with Gasteiger partial charge in [0.05, 0.1) is 15.1 Å². The van der Waals surface area contributed by atoms with E-state index in [9.17, 15) is 4.79 Å². The molecule has 1 aromatic heterocycles. The molecule has 0 fully saturated rings. The molecule has 0 aliphatic heterocycles. The van der Waals surface area contributed by atoms with Crippen LogP contribution in [0.5, 0.6) is 0 Å². The number of hydrogen-bond acceptors (Lipinski definition) is 3. The second-order valence-corrected chi connectivity index (χ2v) is 4.52. The van der Waals surface area contributed by atoms with Crippen LogP contribution in [-0.4, -0.2) is 41.1 Å². The van der Waals surface area contributed by atoms with Crippen LogP contribution in [0.3, 0.4) is 0 Å². The highest BCUT2D eigenvalue weighted by Gasteiger charge is 2.16. The Kier molecular flexibility index (Phi) is 5.18. The van der Waals surface area contributed by atoms with E-state index in [2.05, 4.69) is 20.9 Å². The van der Waals surface area contributed by atoms with E-state index in [-0.39, 0.29) is 12.5 Å². The van der Waals surface area contributed by atoms with E-state index in [1.54, 1.807) is 7.05 Å². The second-order valence-electron chi connectivity index (χ2n) is 3.29. The first-order valence-electron chi connectivity index (χ1n) is 4.73. The highest BCUT2D eigenvalue weighted by atomic mass is 79.9. The number of nitrogens with zero attached hydrogens (tertiary/aromatic N) is 2. The van der Waals surface area contributed by atoms with Gasteiger partial charge < -0.3 is 10.0 Å². The van der Waals surface area contributed by atoms with Gasteiger partial charge in [0.25, 0.3) is 5.91 Å². The summed E-state index contributed by atoms with van der Waals surface area (Å²) in [6.45, 7) is 0.542. The first-order valence-corrected chi connectivity index (χ1v) is 5.90. The van der Waals surface area contributed by atoms with Crippen LogP contribution >= 0.6 is 27.5 Å². The molecule has 16 heavy (non-hydrogen) atoms. The standard InChI is InChI=1S/C10H12BrClN2O2/c1-14(3-2-4-15)10(16)7-5-13-6-8(11)9(7)12/h5-6,15H,2-4H2,1H3. The van der Waals surface area contributed by atoms with E-state index in [4.69, 9.17) is 16.7 Å². The Balaban J connectivity index is 2.84. The number of carbonyl (C=O) groups excluding carboxylic acids is 1. The predicted octanol–water partition coefficient (Wildman–Crippen LogP) is 1.95. The third-order valence-electron chi connectivity index (χ3n) is 2.07. The zero-order valence-corrected chi connectivity index (χ0v) is 11.1. The summed E-state index contributed by atoms with van der Waals surface area (Å²) in [6, 6.07) is 0. The number of amides is 1. The van der Waals surface area contributed by atoms with Crippen LogP contribution in [0.15, 0.2) is 16.9 Å². The maximum absolute atomic E-state index is 11.9. The number of aromatic nitrogens is 1. The number of carbonyl (C=O) groups is 1. The molecule has 0 unspecified atom stereocenters. The smallest absolute Gasteiger partial charge is 0.256 e. The van der Waals surface area contributed by atoms with Gasteiger partial charge >= 0.3 is 0 Å². The molecule has 0 saturated heterocycles. The SMILES string of the molecule is CN(CCCO)C(=O)c1cncc(Br)c1Cl. The molecule has 1 N–H and O–H groups in total. The fourth-order valence-electron chi connectivity index (χ4n) is 1.18. The number of aliphatic hydroxyl groups is 1. The molecule has 0 radical (unpaired) electrons. The van der Waals surface area contributed by atoms with Crippen molar-refractivity contribution < 1.29 is 9.90 Å². The zero-order chi connectivity index (χ0) is 12.1. The van der Waals surface area contributed by atoms with Crippen LogP contribution in [-0.2, 0) is 0 Å². The molecular weight excluding hydrogens is 295 g/mol. The zero-order valence-electron chi connectivity index (χ0n) is 8.78. The van der Waals surface area contributed by atoms with Crippen molar-refractivity contribution in [3.8, 4) is 0 Å². The van der Waals surface area contributed by atoms with Crippen molar-refractivity contribution in [1.82, 2.24) is 9.88 Å². The van der Waals surface area contributed by atoms with E-state index >= 15 is 0 Å². The van der Waals surface area contributed by atoms with Gasteiger partial charge in [0.15, 0.2) is 0 Å². The molecule has 1 aromatic rings. The summed E-state index contributed by atoms with van der Waals surface area (Å²) in [5.41, 5.74) is 0.358. The minimum absolute atomic E-state index is 0.0576. The van der Waals surface area contributed by atoms with E-state index < -0.39 is 0 Å². The van der Waals surface area contributed by atoms with E-state index in [0.29, 0.717) is 28.0 Å². The minimum Gasteiger partial charge on any atom is -0.396 e. The monoisotopic (exact) mass is 306 g/mol. The Hall–Kier alpha value is -0.650. The minimum atomic E-state index is -0.202. The van der Waals surface area contributed by atoms with Crippen LogP contribution in [0.1, 0.15) is 16.8 Å². The number of rotatable bonds is 4. The Morgan fingerprint density at radius 3 is 2.94 bits per heavy atom. The average Bonchev–Trinajstić information content (AvgIpc) is 2.28. The lowest BCUT2D eigenvalue weighted by Crippen LogP contribution is -2.28. The molecule has 88 valence electrons. The van der Waals surface area contributed by atoms with Crippen molar-refractivity contribution in [2.24, 2.45) is 0 Å². The van der Waals surface area contributed by atoms with Gasteiger partial charge in [-0.15, -0.1) is 0 Å². The lowest BCUT2D eigenvalue weighted by Gasteiger charge is -2.17. The third-order valence-corrected chi connectivity index (χ3v) is 3.30. The first-order chi connectivity index (χ1) is 7.57. The maximum Gasteiger partial charge on any atom is 0.256 e. The molecule has 1 heterocycles. The summed E-state index contributed by atoms with van der Waals surface area (Å²) in [5, 5.41) is 9.04. The van der Waals surface area contributed by atoms with Crippen molar-refractivity contribution in [2.45, 2.75) is 6.42 Å². The molecule has 0 spiro atoms. The second kappa shape index (κ2) is 6.18. The van der Waals surface area contributed by atoms with Gasteiger partial charge in [-0.3, -0.25) is 9.78 Å². The summed E-state index contributed by atoms with van der Waals surface area (Å²) < 4.78 is 0.593. The van der Waals surface area contributed by atoms with E-state index in [1.807, 2.05) is 0 Å². The molecule has 0 aliphatic carbocycles. The highest BCUT2D eigenvalue weighted by molar-refractivity contribution is 9.10. The first kappa shape index (κ1) is 13.4. The Morgan fingerprint density at radius 1 is 1.62 bits per heavy atom. The molecule has 1 rings (SSSR count). The molecule has 6 heteroatoms. The third kappa shape index (κ3) is 3.17. The van der Waals surface area contributed by atoms with Gasteiger partial charge in [0.1, 0.15) is 0 Å². The van der Waals surface area contributed by atoms with Gasteiger partial charge in [-0.2, -0.15) is 0 Å². The fraction of sp³-hybridized carbons (Fsp3) is 0.400. The lowest BCUT2D eigenvalue weighted by molar-refractivity contribution is 0.0786. The van der Waals surface area contributed by atoms with Gasteiger partial charge in [0.2, 0.25) is 0 Å². The molecule has 0 bridgehead atoms. The van der Waals surface area contributed by atoms with Crippen LogP contribution in [0.25, 0.3) is 0 Å². The van der Waals surface area contributed by atoms with Gasteiger partial charge in [0, 0.05) is 32.6 Å². The summed E-state index contributed by atoms with van der Waals surface area (Å²) in [7, 11) is 1.66. The van der Waals surface area contributed by atoms with Gasteiger partial charge in [-0.1, -0.05) is 11.6 Å². The van der Waals surface area contributed by atoms with Gasteiger partial charge in [-0.05, 0) is 22.4 Å². The fourth-order valence-corrected chi connectivity index (χ4v) is 1.69. The molecule has 0 saturated carbocycles. The summed E-state index contributed by atoms with van der Waals surface area (Å²) in [6.07, 6.45) is 3.51. The van der Waals surface area contributed by atoms with E-state index in [1.165, 1.54) is 17.3 Å². The molecule has 0 atom stereocenters. The van der Waals surface area contributed by atoms with Crippen LogP contribution < -0.4 is 0 Å². The van der Waals surface area contributed by atoms with Crippen molar-refractivity contribution >= 4 is 33.4 Å². The van der Waals surface area contributed by atoms with E-state index in [0.717, 1.165) is 0 Å². The number of hydrogen-bond donors (Lipinski definition) is 1. The molecule has 1 amide bonds. The Labute approximate surface area is 107 Å². The molecular formula is C10H12BrClN2O2. The van der Waals surface area contributed by atoms with Crippen molar-refractivity contribution in [2.75, 3.05) is 20.2 Å². The Morgan fingerprint density at radius 2 is 2.31 bits per heavy atom. The Bertz CT molecular complexity index is 387.